The van der Waals surface area contributed by atoms with Gasteiger partial charge in [-0.15, -0.1) is 0 Å². The van der Waals surface area contributed by atoms with E-state index in [0.717, 1.165) is 53.3 Å². The molecule has 0 aromatic rings. The van der Waals surface area contributed by atoms with Crippen molar-refractivity contribution in [3.63, 3.8) is 0 Å². The zero-order valence-corrected chi connectivity index (χ0v) is 27.3. The second kappa shape index (κ2) is 15.1. The van der Waals surface area contributed by atoms with Gasteiger partial charge in [0.25, 0.3) is 0 Å². The van der Waals surface area contributed by atoms with Crippen LogP contribution < -0.4 is 0 Å². The molecule has 1 heteroatoms. The van der Waals surface area contributed by atoms with Crippen molar-refractivity contribution in [1.82, 2.24) is 0 Å². The molecule has 4 aliphatic rings. The summed E-state index contributed by atoms with van der Waals surface area (Å²) in [6, 6.07) is 0. The first-order chi connectivity index (χ1) is 16.6. The number of rotatable bonds is 4. The average Bonchev–Trinajstić information content (AvgIpc) is 3.19. The van der Waals surface area contributed by atoms with Crippen LogP contribution in [0, 0.1) is 64.1 Å². The van der Waals surface area contributed by atoms with Crippen LogP contribution in [0.1, 0.15) is 147 Å². The van der Waals surface area contributed by atoms with Crippen molar-refractivity contribution in [3.05, 3.63) is 0 Å². The van der Waals surface area contributed by atoms with Gasteiger partial charge in [-0.3, -0.25) is 0 Å². The van der Waals surface area contributed by atoms with Crippen LogP contribution in [-0.4, -0.2) is 6.26 Å². The van der Waals surface area contributed by atoms with Crippen molar-refractivity contribution in [2.75, 3.05) is 6.26 Å². The summed E-state index contributed by atoms with van der Waals surface area (Å²) >= 11 is 3.53. The highest BCUT2D eigenvalue weighted by atomic mass is 32.1. The van der Waals surface area contributed by atoms with E-state index >= 15 is 0 Å². The SMILES string of the molecule is CC.CC(C)CCC(C)C1CCC2C3C(C)CC4CC(C)CCC4(C)C3CCC12C.CCC.CS. The van der Waals surface area contributed by atoms with Crippen LogP contribution in [0.5, 0.6) is 0 Å². The standard InChI is InChI=1S/C28H50.C3H8.C2H6.CH4S/c1-18(2)8-9-20(4)23-10-11-24-26-21(5)17-22-16-19(3)12-14-27(22,6)25(26)13-15-28(23,24)7;1-3-2;2*1-2/h18-26H,8-17H2,1-7H3;3H2,1-2H3;1-2H3;2H,1H3. The van der Waals surface area contributed by atoms with Crippen LogP contribution in [0.25, 0.3) is 0 Å². The Morgan fingerprint density at radius 2 is 1.31 bits per heavy atom. The fraction of sp³-hybridized carbons (Fsp3) is 1.00. The summed E-state index contributed by atoms with van der Waals surface area (Å²) in [5, 5.41) is 0. The van der Waals surface area contributed by atoms with Crippen LogP contribution in [0.3, 0.4) is 0 Å². The molecule has 0 aromatic heterocycles. The summed E-state index contributed by atoms with van der Waals surface area (Å²) < 4.78 is 0. The number of hydrogen-bond donors (Lipinski definition) is 1. The van der Waals surface area contributed by atoms with Gasteiger partial charge in [0.2, 0.25) is 0 Å². The van der Waals surface area contributed by atoms with E-state index in [1.54, 1.807) is 31.9 Å². The van der Waals surface area contributed by atoms with Gasteiger partial charge in [-0.05, 0) is 115 Å². The first-order valence-electron chi connectivity index (χ1n) is 16.0. The zero-order chi connectivity index (χ0) is 27.0. The predicted octanol–water partition coefficient (Wildman–Crippen LogP) is 11.6. The lowest BCUT2D eigenvalue weighted by molar-refractivity contribution is -0.142. The van der Waals surface area contributed by atoms with E-state index in [2.05, 4.69) is 74.9 Å². The normalized spacial score (nSPS) is 42.5. The van der Waals surface area contributed by atoms with Crippen LogP contribution in [0.4, 0.5) is 0 Å². The van der Waals surface area contributed by atoms with Crippen LogP contribution in [0.15, 0.2) is 0 Å². The van der Waals surface area contributed by atoms with Gasteiger partial charge in [-0.2, -0.15) is 12.6 Å². The molecule has 4 fully saturated rings. The van der Waals surface area contributed by atoms with Gasteiger partial charge in [-0.1, -0.05) is 102 Å². The molecular weight excluding hydrogens is 440 g/mol. The molecule has 35 heavy (non-hydrogen) atoms. The first-order valence-corrected chi connectivity index (χ1v) is 16.9. The van der Waals surface area contributed by atoms with Crippen LogP contribution >= 0.6 is 12.6 Å². The Hall–Kier alpha value is 0.350. The Morgan fingerprint density at radius 1 is 0.771 bits per heavy atom. The van der Waals surface area contributed by atoms with Crippen molar-refractivity contribution < 1.29 is 0 Å². The smallest absolute Gasteiger partial charge is 0.0215 e. The lowest BCUT2D eigenvalue weighted by Gasteiger charge is -2.63. The van der Waals surface area contributed by atoms with Crippen LogP contribution in [0.2, 0.25) is 0 Å². The minimum atomic E-state index is 0.650. The molecule has 0 N–H and O–H groups in total. The highest BCUT2D eigenvalue weighted by molar-refractivity contribution is 7.79. The monoisotopic (exact) mass is 509 g/mol. The molecule has 10 unspecified atom stereocenters. The minimum absolute atomic E-state index is 0.650. The van der Waals surface area contributed by atoms with E-state index in [9.17, 15) is 0 Å². The summed E-state index contributed by atoms with van der Waals surface area (Å²) in [5.74, 6) is 8.90. The minimum Gasteiger partial charge on any atom is -0.183 e. The quantitative estimate of drug-likeness (QED) is 0.358. The summed E-state index contributed by atoms with van der Waals surface area (Å²) in [6.07, 6.45) is 18.1. The lowest BCUT2D eigenvalue weighted by Crippen LogP contribution is -2.56. The maximum Gasteiger partial charge on any atom is -0.0215 e. The summed E-state index contributed by atoms with van der Waals surface area (Å²) in [4.78, 5) is 0. The van der Waals surface area contributed by atoms with Gasteiger partial charge in [0, 0.05) is 0 Å². The number of fused-ring (bicyclic) bond motifs is 5. The lowest BCUT2D eigenvalue weighted by atomic mass is 9.42. The molecular formula is C34H68S. The largest absolute Gasteiger partial charge is 0.183 e. The van der Waals surface area contributed by atoms with E-state index in [1.165, 1.54) is 44.9 Å². The number of hydrogen-bond acceptors (Lipinski definition) is 1. The molecule has 0 aliphatic heterocycles. The van der Waals surface area contributed by atoms with Gasteiger partial charge in [0.05, 0.1) is 0 Å². The Morgan fingerprint density at radius 3 is 1.89 bits per heavy atom. The summed E-state index contributed by atoms with van der Waals surface area (Å²) in [5.41, 5.74) is 1.32. The second-order valence-electron chi connectivity index (χ2n) is 14.0. The molecule has 0 spiro atoms. The molecule has 0 aromatic carbocycles. The van der Waals surface area contributed by atoms with Crippen LogP contribution in [-0.2, 0) is 0 Å². The van der Waals surface area contributed by atoms with E-state index < -0.39 is 0 Å². The van der Waals surface area contributed by atoms with Gasteiger partial charge in [0.15, 0.2) is 0 Å². The van der Waals surface area contributed by atoms with E-state index in [4.69, 9.17) is 0 Å². The van der Waals surface area contributed by atoms with Crippen molar-refractivity contribution in [3.8, 4) is 0 Å². The van der Waals surface area contributed by atoms with E-state index in [-0.39, 0.29) is 0 Å². The molecule has 0 saturated heterocycles. The molecule has 10 atom stereocenters. The highest BCUT2D eigenvalue weighted by Gasteiger charge is 2.61. The maximum atomic E-state index is 3.53. The second-order valence-corrected chi connectivity index (χ2v) is 14.0. The van der Waals surface area contributed by atoms with Crippen molar-refractivity contribution in [2.24, 2.45) is 64.1 Å². The van der Waals surface area contributed by atoms with E-state index in [0.29, 0.717) is 10.8 Å². The Bertz CT molecular complexity index is 569. The third-order valence-electron chi connectivity index (χ3n) is 11.2. The van der Waals surface area contributed by atoms with E-state index in [1.807, 2.05) is 13.8 Å². The maximum absolute atomic E-state index is 3.53. The Kier molecular flexibility index (Phi) is 14.4. The van der Waals surface area contributed by atoms with Crippen molar-refractivity contribution in [2.45, 2.75) is 147 Å². The van der Waals surface area contributed by atoms with Crippen molar-refractivity contribution in [1.29, 1.82) is 0 Å². The first kappa shape index (κ1) is 33.4. The molecule has 0 bridgehead atoms. The molecule has 0 heterocycles. The topological polar surface area (TPSA) is 0 Å². The van der Waals surface area contributed by atoms with Gasteiger partial charge in [0.1, 0.15) is 0 Å². The molecule has 0 radical (unpaired) electrons. The van der Waals surface area contributed by atoms with Gasteiger partial charge in [-0.25, -0.2) is 0 Å². The highest BCUT2D eigenvalue weighted by Crippen LogP contribution is 2.69. The summed E-state index contributed by atoms with van der Waals surface area (Å²) in [6.45, 7) is 26.4. The molecule has 4 aliphatic carbocycles. The van der Waals surface area contributed by atoms with Gasteiger partial charge < -0.3 is 0 Å². The predicted molar refractivity (Wildman–Crippen MR) is 164 cm³/mol. The molecule has 0 nitrogen and oxygen atoms in total. The zero-order valence-electron chi connectivity index (χ0n) is 26.4. The molecule has 210 valence electrons. The molecule has 4 saturated carbocycles. The average molecular weight is 509 g/mol. The summed E-state index contributed by atoms with van der Waals surface area (Å²) in [7, 11) is 0. The fourth-order valence-electron chi connectivity index (χ4n) is 9.62. The fourth-order valence-corrected chi connectivity index (χ4v) is 9.62. The third kappa shape index (κ3) is 7.26. The molecule has 0 amide bonds. The third-order valence-corrected chi connectivity index (χ3v) is 11.2. The Labute approximate surface area is 229 Å². The molecule has 4 rings (SSSR count). The number of thiol groups is 1. The van der Waals surface area contributed by atoms with Gasteiger partial charge >= 0.3 is 0 Å². The van der Waals surface area contributed by atoms with Crippen molar-refractivity contribution >= 4 is 12.6 Å². The Balaban J connectivity index is 0.000000797.